The van der Waals surface area contributed by atoms with Gasteiger partial charge in [-0.2, -0.15) is 0 Å². The molecule has 1 atom stereocenters. The number of benzene rings is 2. The summed E-state index contributed by atoms with van der Waals surface area (Å²) in [5.74, 6) is 0.435. The highest BCUT2D eigenvalue weighted by molar-refractivity contribution is 6.16. The molecule has 1 saturated heterocycles. The summed E-state index contributed by atoms with van der Waals surface area (Å²) in [5.41, 5.74) is 1.13. The topological polar surface area (TPSA) is 106 Å². The molecule has 0 spiro atoms. The van der Waals surface area contributed by atoms with E-state index in [1.165, 1.54) is 20.3 Å². The van der Waals surface area contributed by atoms with E-state index < -0.39 is 24.4 Å². The number of urea groups is 1. The summed E-state index contributed by atoms with van der Waals surface area (Å²) in [6, 6.07) is 11.4. The maximum Gasteiger partial charge on any atom is 0.329 e. The third-order valence-corrected chi connectivity index (χ3v) is 5.05. The summed E-state index contributed by atoms with van der Waals surface area (Å²) in [4.78, 5) is 38.4. The van der Waals surface area contributed by atoms with E-state index in [1.807, 2.05) is 13.8 Å². The van der Waals surface area contributed by atoms with E-state index in [0.29, 0.717) is 28.5 Å². The van der Waals surface area contributed by atoms with Crippen molar-refractivity contribution in [2.24, 2.45) is 0 Å². The average molecular weight is 453 g/mol. The average Bonchev–Trinajstić information content (AvgIpc) is 3.07. The van der Waals surface area contributed by atoms with Crippen LogP contribution in [0, 0.1) is 0 Å². The highest BCUT2D eigenvalue weighted by atomic mass is 16.5. The summed E-state index contributed by atoms with van der Waals surface area (Å²) in [6.45, 7) is 3.54. The number of hydrogen-bond donors (Lipinski definition) is 2. The van der Waals surface area contributed by atoms with E-state index in [9.17, 15) is 14.4 Å². The van der Waals surface area contributed by atoms with Crippen molar-refractivity contribution < 1.29 is 28.6 Å². The van der Waals surface area contributed by atoms with E-state index in [1.54, 1.807) is 42.5 Å². The number of hydrogen-bond acceptors (Lipinski definition) is 6. The van der Waals surface area contributed by atoms with Gasteiger partial charge in [0.05, 0.1) is 26.0 Å². The van der Waals surface area contributed by atoms with Crippen molar-refractivity contribution >= 4 is 29.6 Å². The molecule has 9 nitrogen and oxygen atoms in total. The smallest absolute Gasteiger partial charge is 0.329 e. The van der Waals surface area contributed by atoms with Crippen LogP contribution in [0.2, 0.25) is 0 Å². The fourth-order valence-electron chi connectivity index (χ4n) is 3.13. The van der Waals surface area contributed by atoms with Crippen molar-refractivity contribution in [2.45, 2.75) is 26.4 Å². The zero-order chi connectivity index (χ0) is 24.0. The molecule has 1 aliphatic heterocycles. The van der Waals surface area contributed by atoms with Gasteiger partial charge in [-0.3, -0.25) is 9.59 Å². The third-order valence-electron chi connectivity index (χ3n) is 5.05. The van der Waals surface area contributed by atoms with Crippen molar-refractivity contribution in [3.05, 3.63) is 53.7 Å². The van der Waals surface area contributed by atoms with Crippen molar-refractivity contribution in [3.63, 3.8) is 0 Å². The molecule has 0 aromatic heterocycles. The van der Waals surface area contributed by atoms with Crippen molar-refractivity contribution in [3.8, 4) is 17.2 Å². The molecule has 1 fully saturated rings. The van der Waals surface area contributed by atoms with E-state index in [0.717, 1.165) is 11.3 Å². The first-order valence-corrected chi connectivity index (χ1v) is 10.5. The zero-order valence-corrected chi connectivity index (χ0v) is 19.0. The number of carbonyl (C=O) groups excluding carboxylic acids is 3. The van der Waals surface area contributed by atoms with Crippen molar-refractivity contribution in [2.75, 3.05) is 26.1 Å². The summed E-state index contributed by atoms with van der Waals surface area (Å²) in [5, 5.41) is 5.16. The second kappa shape index (κ2) is 10.5. The summed E-state index contributed by atoms with van der Waals surface area (Å²) < 4.78 is 16.4. The van der Waals surface area contributed by atoms with E-state index in [-0.39, 0.29) is 11.8 Å². The standard InChI is InChI=1S/C24H27N3O6/c1-5-15(2)33-20-11-10-16(13-21(20)32-4)12-18-23(29)27(24(30)26-18)14-22(28)25-17-8-6-7-9-19(17)31-3/h6-13,15H,5,14H2,1-4H3,(H,25,28)(H,26,30)/b18-12+/t15-/m0/s1. The Kier molecular flexibility index (Phi) is 7.55. The number of para-hydroxylation sites is 2. The monoisotopic (exact) mass is 453 g/mol. The molecule has 2 N–H and O–H groups in total. The van der Waals surface area contributed by atoms with E-state index in [2.05, 4.69) is 10.6 Å². The number of nitrogens with one attached hydrogen (secondary N) is 2. The van der Waals surface area contributed by atoms with Crippen LogP contribution in [0.25, 0.3) is 6.08 Å². The lowest BCUT2D eigenvalue weighted by molar-refractivity contribution is -0.127. The number of ether oxygens (including phenoxy) is 3. The van der Waals surface area contributed by atoms with Gasteiger partial charge in [-0.15, -0.1) is 0 Å². The molecule has 174 valence electrons. The van der Waals surface area contributed by atoms with Crippen LogP contribution in [-0.4, -0.2) is 49.6 Å². The van der Waals surface area contributed by atoms with Crippen LogP contribution in [0.1, 0.15) is 25.8 Å². The number of methoxy groups -OCH3 is 2. The van der Waals surface area contributed by atoms with Gasteiger partial charge in [0.15, 0.2) is 11.5 Å². The van der Waals surface area contributed by atoms with Crippen LogP contribution < -0.4 is 24.8 Å². The number of imide groups is 1. The number of carbonyl (C=O) groups is 3. The summed E-state index contributed by atoms with van der Waals surface area (Å²) in [6.07, 6.45) is 2.39. The Morgan fingerprint density at radius 3 is 2.52 bits per heavy atom. The number of amides is 4. The van der Waals surface area contributed by atoms with Crippen LogP contribution in [0.4, 0.5) is 10.5 Å². The number of anilines is 1. The first-order chi connectivity index (χ1) is 15.9. The summed E-state index contributed by atoms with van der Waals surface area (Å²) >= 11 is 0. The lowest BCUT2D eigenvalue weighted by Gasteiger charge is -2.15. The highest BCUT2D eigenvalue weighted by Crippen LogP contribution is 2.30. The molecule has 0 bridgehead atoms. The molecule has 1 heterocycles. The van der Waals surface area contributed by atoms with Crippen LogP contribution >= 0.6 is 0 Å². The van der Waals surface area contributed by atoms with Gasteiger partial charge in [0.2, 0.25) is 5.91 Å². The minimum atomic E-state index is -0.676. The number of nitrogens with zero attached hydrogens (tertiary/aromatic N) is 1. The minimum Gasteiger partial charge on any atom is -0.495 e. The third kappa shape index (κ3) is 5.62. The first kappa shape index (κ1) is 23.6. The maximum absolute atomic E-state index is 12.8. The second-order valence-corrected chi connectivity index (χ2v) is 7.37. The van der Waals surface area contributed by atoms with E-state index >= 15 is 0 Å². The fraction of sp³-hybridized carbons (Fsp3) is 0.292. The predicted octanol–water partition coefficient (Wildman–Crippen LogP) is 3.41. The van der Waals surface area contributed by atoms with Gasteiger partial charge in [0, 0.05) is 0 Å². The fourth-order valence-corrected chi connectivity index (χ4v) is 3.13. The molecule has 33 heavy (non-hydrogen) atoms. The zero-order valence-electron chi connectivity index (χ0n) is 19.0. The molecule has 1 aliphatic rings. The van der Waals surface area contributed by atoms with Gasteiger partial charge in [-0.1, -0.05) is 25.1 Å². The van der Waals surface area contributed by atoms with Gasteiger partial charge < -0.3 is 24.8 Å². The molecule has 9 heteroatoms. The molecule has 0 unspecified atom stereocenters. The largest absolute Gasteiger partial charge is 0.495 e. The molecule has 0 aliphatic carbocycles. The normalized spacial score (nSPS) is 15.3. The highest BCUT2D eigenvalue weighted by Gasteiger charge is 2.35. The van der Waals surface area contributed by atoms with E-state index in [4.69, 9.17) is 14.2 Å². The minimum absolute atomic E-state index is 0.0226. The Morgan fingerprint density at radius 1 is 1.09 bits per heavy atom. The second-order valence-electron chi connectivity index (χ2n) is 7.37. The molecular weight excluding hydrogens is 426 g/mol. The Bertz CT molecular complexity index is 1080. The Labute approximate surface area is 192 Å². The van der Waals surface area contributed by atoms with Crippen LogP contribution in [0.3, 0.4) is 0 Å². The molecule has 2 aromatic rings. The molecule has 3 rings (SSSR count). The first-order valence-electron chi connectivity index (χ1n) is 10.5. The van der Waals surface area contributed by atoms with Gasteiger partial charge in [-0.05, 0) is 49.2 Å². The van der Waals surface area contributed by atoms with Crippen LogP contribution in [0.5, 0.6) is 17.2 Å². The van der Waals surface area contributed by atoms with Gasteiger partial charge in [0.25, 0.3) is 5.91 Å². The Hall–Kier alpha value is -4.01. The predicted molar refractivity (Wildman–Crippen MR) is 123 cm³/mol. The number of rotatable bonds is 9. The SMILES string of the molecule is CC[C@H](C)Oc1ccc(/C=C2/NC(=O)N(CC(=O)Nc3ccccc3OC)C2=O)cc1OC. The molecule has 0 radical (unpaired) electrons. The molecule has 4 amide bonds. The Balaban J connectivity index is 1.72. The van der Waals surface area contributed by atoms with Crippen LogP contribution in [0.15, 0.2) is 48.2 Å². The van der Waals surface area contributed by atoms with Gasteiger partial charge in [0.1, 0.15) is 18.0 Å². The van der Waals surface area contributed by atoms with Gasteiger partial charge in [-0.25, -0.2) is 9.69 Å². The quantitative estimate of drug-likeness (QED) is 0.445. The lowest BCUT2D eigenvalue weighted by Crippen LogP contribution is -2.38. The van der Waals surface area contributed by atoms with Crippen molar-refractivity contribution in [1.29, 1.82) is 0 Å². The maximum atomic E-state index is 12.8. The molecule has 0 saturated carbocycles. The summed E-state index contributed by atoms with van der Waals surface area (Å²) in [7, 11) is 3.01. The van der Waals surface area contributed by atoms with Gasteiger partial charge >= 0.3 is 6.03 Å². The Morgan fingerprint density at radius 2 is 1.82 bits per heavy atom. The molecular formula is C24H27N3O6. The molecule has 2 aromatic carbocycles. The van der Waals surface area contributed by atoms with Crippen LogP contribution in [-0.2, 0) is 9.59 Å². The lowest BCUT2D eigenvalue weighted by atomic mass is 10.1. The van der Waals surface area contributed by atoms with Crippen molar-refractivity contribution in [1.82, 2.24) is 10.2 Å².